The van der Waals surface area contributed by atoms with Crippen molar-refractivity contribution in [2.45, 2.75) is 11.8 Å². The van der Waals surface area contributed by atoms with E-state index in [-0.39, 0.29) is 11.6 Å². The first kappa shape index (κ1) is 16.3. The van der Waals surface area contributed by atoms with Crippen LogP contribution in [-0.4, -0.2) is 25.3 Å². The second-order valence-corrected chi connectivity index (χ2v) is 6.21. The first-order valence-electron chi connectivity index (χ1n) is 7.52. The molecule has 3 rings (SSSR count). The Morgan fingerprint density at radius 1 is 1.04 bits per heavy atom. The normalized spacial score (nSPS) is 13.3. The van der Waals surface area contributed by atoms with Crippen LogP contribution in [0.2, 0.25) is 0 Å². The van der Waals surface area contributed by atoms with E-state index in [4.69, 9.17) is 9.47 Å². The molecule has 0 heterocycles. The van der Waals surface area contributed by atoms with Crippen molar-refractivity contribution in [3.8, 4) is 11.5 Å². The van der Waals surface area contributed by atoms with E-state index in [1.165, 1.54) is 17.8 Å². The highest BCUT2D eigenvalue weighted by atomic mass is 32.2. The number of hydrogen-bond acceptors (Lipinski definition) is 5. The van der Waals surface area contributed by atoms with Crippen LogP contribution in [0, 0.1) is 0 Å². The molecule has 0 amide bonds. The minimum Gasteiger partial charge on any atom is -0.497 e. The number of benzene rings is 2. The first-order valence-corrected chi connectivity index (χ1v) is 8.34. The number of allylic oxidation sites excluding steroid dienone is 2. The zero-order chi connectivity index (χ0) is 17.1. The Hall–Kier alpha value is -2.53. The van der Waals surface area contributed by atoms with Crippen LogP contribution in [0.3, 0.4) is 0 Å². The van der Waals surface area contributed by atoms with Crippen molar-refractivity contribution in [2.24, 2.45) is 0 Å². The van der Waals surface area contributed by atoms with Gasteiger partial charge < -0.3 is 9.47 Å². The van der Waals surface area contributed by atoms with Gasteiger partial charge in [-0.15, -0.1) is 0 Å². The average molecular weight is 340 g/mol. The Morgan fingerprint density at radius 2 is 1.79 bits per heavy atom. The summed E-state index contributed by atoms with van der Waals surface area (Å²) in [4.78, 5) is 26.5. The van der Waals surface area contributed by atoms with Crippen LogP contribution < -0.4 is 9.47 Å². The van der Waals surface area contributed by atoms with Gasteiger partial charge >= 0.3 is 0 Å². The smallest absolute Gasteiger partial charge is 0.204 e. The zero-order valence-corrected chi connectivity index (χ0v) is 14.2. The van der Waals surface area contributed by atoms with Crippen LogP contribution in [0.4, 0.5) is 0 Å². The van der Waals surface area contributed by atoms with Gasteiger partial charge in [0, 0.05) is 16.5 Å². The zero-order valence-electron chi connectivity index (χ0n) is 13.4. The Morgan fingerprint density at radius 3 is 2.46 bits per heavy atom. The molecule has 1 aliphatic carbocycles. The third-order valence-corrected chi connectivity index (χ3v) is 4.62. The van der Waals surface area contributed by atoms with Crippen LogP contribution in [0.1, 0.15) is 27.6 Å². The van der Waals surface area contributed by atoms with Crippen molar-refractivity contribution in [2.75, 3.05) is 13.7 Å². The highest BCUT2D eigenvalue weighted by molar-refractivity contribution is 8.04. The minimum atomic E-state index is -0.186. The molecule has 0 radical (unpaired) electrons. The van der Waals surface area contributed by atoms with E-state index >= 15 is 0 Å². The molecule has 2 aromatic rings. The van der Waals surface area contributed by atoms with Gasteiger partial charge in [-0.25, -0.2) is 0 Å². The number of thioether (sulfide) groups is 1. The maximum atomic E-state index is 12.8. The molecule has 24 heavy (non-hydrogen) atoms. The Labute approximate surface area is 144 Å². The molecule has 0 N–H and O–H groups in total. The van der Waals surface area contributed by atoms with E-state index in [2.05, 4.69) is 0 Å². The third-order valence-electron chi connectivity index (χ3n) is 3.59. The van der Waals surface area contributed by atoms with E-state index in [1.807, 2.05) is 31.2 Å². The van der Waals surface area contributed by atoms with Crippen LogP contribution in [-0.2, 0) is 0 Å². The number of methoxy groups -OCH3 is 1. The average Bonchev–Trinajstić information content (AvgIpc) is 2.60. The second kappa shape index (κ2) is 6.93. The van der Waals surface area contributed by atoms with Crippen molar-refractivity contribution in [3.63, 3.8) is 0 Å². The van der Waals surface area contributed by atoms with Gasteiger partial charge in [-0.05, 0) is 37.3 Å². The van der Waals surface area contributed by atoms with Crippen LogP contribution in [0.25, 0.3) is 0 Å². The maximum Gasteiger partial charge on any atom is 0.204 e. The molecule has 0 aliphatic heterocycles. The van der Waals surface area contributed by atoms with E-state index in [1.54, 1.807) is 25.3 Å². The number of carbonyl (C=O) groups is 2. The molecule has 0 aromatic heterocycles. The first-order chi connectivity index (χ1) is 11.6. The molecule has 0 fully saturated rings. The van der Waals surface area contributed by atoms with Gasteiger partial charge in [0.25, 0.3) is 0 Å². The molecule has 1 aliphatic rings. The number of Topliss-reactive ketones (excluding diaryl/α,β-unsaturated/α-hetero) is 1. The number of carbonyl (C=O) groups excluding carboxylic acids is 2. The van der Waals surface area contributed by atoms with E-state index < -0.39 is 0 Å². The summed E-state index contributed by atoms with van der Waals surface area (Å²) in [5.74, 6) is 0.828. The molecular weight excluding hydrogens is 324 g/mol. The Bertz CT molecular complexity index is 822. The maximum absolute atomic E-state index is 12.8. The molecule has 5 heteroatoms. The molecule has 0 spiro atoms. The van der Waals surface area contributed by atoms with Crippen LogP contribution >= 0.6 is 11.8 Å². The topological polar surface area (TPSA) is 52.6 Å². The lowest BCUT2D eigenvalue weighted by atomic mass is 9.94. The largest absolute Gasteiger partial charge is 0.497 e. The van der Waals surface area contributed by atoms with Crippen molar-refractivity contribution in [1.29, 1.82) is 0 Å². The highest BCUT2D eigenvalue weighted by Crippen LogP contribution is 2.37. The van der Waals surface area contributed by atoms with Gasteiger partial charge in [0.1, 0.15) is 11.5 Å². The fourth-order valence-electron chi connectivity index (χ4n) is 2.48. The summed E-state index contributed by atoms with van der Waals surface area (Å²) in [7, 11) is 1.60. The highest BCUT2D eigenvalue weighted by Gasteiger charge is 2.29. The lowest BCUT2D eigenvalue weighted by Gasteiger charge is -2.18. The number of ether oxygens (including phenoxy) is 2. The van der Waals surface area contributed by atoms with Gasteiger partial charge in [0.2, 0.25) is 5.78 Å². The minimum absolute atomic E-state index is 0.179. The molecule has 4 nitrogen and oxygen atoms in total. The SMILES string of the molecule is CCOc1cccc2c1C(=O)C(Sc1ccc(OC)cc1)=CC2=O. The molecule has 2 aromatic carbocycles. The van der Waals surface area contributed by atoms with Gasteiger partial charge in [0.05, 0.1) is 24.2 Å². The predicted octanol–water partition coefficient (Wildman–Crippen LogP) is 4.15. The quantitative estimate of drug-likeness (QED) is 0.818. The lowest BCUT2D eigenvalue weighted by Crippen LogP contribution is -2.17. The van der Waals surface area contributed by atoms with Crippen LogP contribution in [0.5, 0.6) is 11.5 Å². The van der Waals surface area contributed by atoms with Gasteiger partial charge in [-0.3, -0.25) is 9.59 Å². The third kappa shape index (κ3) is 3.08. The van der Waals surface area contributed by atoms with E-state index in [0.717, 1.165) is 10.6 Å². The molecule has 0 unspecified atom stereocenters. The van der Waals surface area contributed by atoms with Crippen molar-refractivity contribution in [3.05, 3.63) is 64.6 Å². The molecule has 0 atom stereocenters. The summed E-state index contributed by atoms with van der Waals surface area (Å²) in [6, 6.07) is 12.4. The summed E-state index contributed by atoms with van der Waals surface area (Å²) in [6.45, 7) is 2.28. The van der Waals surface area contributed by atoms with Gasteiger partial charge in [-0.1, -0.05) is 23.9 Å². The van der Waals surface area contributed by atoms with Gasteiger partial charge in [-0.2, -0.15) is 0 Å². The molecule has 0 bridgehead atoms. The Balaban J connectivity index is 1.94. The fourth-order valence-corrected chi connectivity index (χ4v) is 3.37. The lowest BCUT2D eigenvalue weighted by molar-refractivity contribution is 0.0988. The monoisotopic (exact) mass is 340 g/mol. The van der Waals surface area contributed by atoms with E-state index in [9.17, 15) is 9.59 Å². The molecular formula is C19H16O4S. The summed E-state index contributed by atoms with van der Waals surface area (Å²) in [5.41, 5.74) is 0.743. The van der Waals surface area contributed by atoms with E-state index in [0.29, 0.717) is 28.4 Å². The number of ketones is 2. The van der Waals surface area contributed by atoms with Crippen molar-refractivity contribution < 1.29 is 19.1 Å². The van der Waals surface area contributed by atoms with Crippen molar-refractivity contribution in [1.82, 2.24) is 0 Å². The summed E-state index contributed by atoms with van der Waals surface area (Å²) in [5, 5.41) is 0. The number of hydrogen-bond donors (Lipinski definition) is 0. The Kier molecular flexibility index (Phi) is 4.71. The summed E-state index contributed by atoms with van der Waals surface area (Å²) in [6.07, 6.45) is 1.40. The van der Waals surface area contributed by atoms with Gasteiger partial charge in [0.15, 0.2) is 5.78 Å². The van der Waals surface area contributed by atoms with Crippen LogP contribution in [0.15, 0.2) is 58.3 Å². The summed E-state index contributed by atoms with van der Waals surface area (Å²) >= 11 is 1.27. The molecule has 122 valence electrons. The predicted molar refractivity (Wildman–Crippen MR) is 93.2 cm³/mol. The molecule has 0 saturated carbocycles. The number of fused-ring (bicyclic) bond motifs is 1. The molecule has 0 saturated heterocycles. The standard InChI is InChI=1S/C19H16O4S/c1-3-23-16-6-4-5-14-15(20)11-17(19(21)18(14)16)24-13-9-7-12(22-2)8-10-13/h4-11H,3H2,1-2H3. The number of rotatable bonds is 5. The fraction of sp³-hybridized carbons (Fsp3) is 0.158. The second-order valence-electron chi connectivity index (χ2n) is 5.09. The summed E-state index contributed by atoms with van der Waals surface area (Å²) < 4.78 is 10.7. The van der Waals surface area contributed by atoms with Crippen molar-refractivity contribution >= 4 is 23.3 Å².